The molecule has 0 amide bonds. The van der Waals surface area contributed by atoms with Crippen LogP contribution in [0.4, 0.5) is 5.69 Å². The number of para-hydroxylation sites is 1. The fourth-order valence-corrected chi connectivity index (χ4v) is 2.10. The number of nitro benzene ring substituents is 1. The molecule has 0 aliphatic carbocycles. The molecule has 0 atom stereocenters. The molecule has 0 fully saturated rings. The highest BCUT2D eigenvalue weighted by molar-refractivity contribution is 5.53. The summed E-state index contributed by atoms with van der Waals surface area (Å²) in [6, 6.07) is 4.94. The first-order valence-electron chi connectivity index (χ1n) is 6.10. The number of rotatable bonds is 4. The Kier molecular flexibility index (Phi) is 3.71. The monoisotopic (exact) mass is 276 g/mol. The lowest BCUT2D eigenvalue weighted by Crippen LogP contribution is -2.03. The molecule has 0 aliphatic heterocycles. The van der Waals surface area contributed by atoms with Crippen LogP contribution in [0.2, 0.25) is 0 Å². The van der Waals surface area contributed by atoms with Gasteiger partial charge in [-0.05, 0) is 19.9 Å². The van der Waals surface area contributed by atoms with Gasteiger partial charge in [-0.1, -0.05) is 12.1 Å². The topological polar surface area (TPSA) is 96.2 Å². The molecule has 2 aromatic rings. The Balaban J connectivity index is 2.51. The number of aryl methyl sites for hydroxylation is 3. The second kappa shape index (κ2) is 5.30. The van der Waals surface area contributed by atoms with E-state index in [2.05, 4.69) is 5.10 Å². The Bertz CT molecular complexity index is 664. The van der Waals surface area contributed by atoms with Gasteiger partial charge in [-0.15, -0.1) is 0 Å². The standard InChI is InChI=1S/C13H16N4O3/c1-8-5-4-6-11(12(8)17(18)19)20-13-10(7-14)9(2)15-16(13)3/h4-6H,7,14H2,1-3H3. The molecular weight excluding hydrogens is 260 g/mol. The molecule has 0 radical (unpaired) electrons. The van der Waals surface area contributed by atoms with E-state index in [9.17, 15) is 10.1 Å². The van der Waals surface area contributed by atoms with Crippen molar-refractivity contribution in [1.82, 2.24) is 9.78 Å². The van der Waals surface area contributed by atoms with Gasteiger partial charge in [-0.25, -0.2) is 4.68 Å². The number of nitrogens with two attached hydrogens (primary N) is 1. The number of hydrogen-bond donors (Lipinski definition) is 1. The van der Waals surface area contributed by atoms with Crippen molar-refractivity contribution in [1.29, 1.82) is 0 Å². The third-order valence-corrected chi connectivity index (χ3v) is 3.08. The van der Waals surface area contributed by atoms with Crippen molar-refractivity contribution in [2.45, 2.75) is 20.4 Å². The molecule has 0 saturated heterocycles. The first-order chi connectivity index (χ1) is 9.45. The minimum absolute atomic E-state index is 0.0469. The van der Waals surface area contributed by atoms with E-state index in [1.165, 1.54) is 4.68 Å². The maximum Gasteiger partial charge on any atom is 0.314 e. The van der Waals surface area contributed by atoms with Crippen molar-refractivity contribution in [3.8, 4) is 11.6 Å². The summed E-state index contributed by atoms with van der Waals surface area (Å²) in [5.41, 5.74) is 7.66. The number of nitrogens with zero attached hydrogens (tertiary/aromatic N) is 3. The highest BCUT2D eigenvalue weighted by atomic mass is 16.6. The Morgan fingerprint density at radius 3 is 2.75 bits per heavy atom. The van der Waals surface area contributed by atoms with E-state index in [0.29, 0.717) is 11.4 Å². The van der Waals surface area contributed by atoms with Crippen molar-refractivity contribution in [2.75, 3.05) is 0 Å². The highest BCUT2D eigenvalue weighted by Gasteiger charge is 2.22. The maximum atomic E-state index is 11.2. The van der Waals surface area contributed by atoms with Gasteiger partial charge in [-0.2, -0.15) is 5.10 Å². The first-order valence-corrected chi connectivity index (χ1v) is 6.10. The zero-order chi connectivity index (χ0) is 14.9. The lowest BCUT2D eigenvalue weighted by molar-refractivity contribution is -0.386. The summed E-state index contributed by atoms with van der Waals surface area (Å²) in [4.78, 5) is 10.7. The van der Waals surface area contributed by atoms with Crippen molar-refractivity contribution < 1.29 is 9.66 Å². The van der Waals surface area contributed by atoms with Crippen molar-refractivity contribution in [3.63, 3.8) is 0 Å². The van der Waals surface area contributed by atoms with Gasteiger partial charge in [0.2, 0.25) is 11.6 Å². The van der Waals surface area contributed by atoms with E-state index >= 15 is 0 Å². The van der Waals surface area contributed by atoms with Crippen LogP contribution >= 0.6 is 0 Å². The molecule has 7 nitrogen and oxygen atoms in total. The average molecular weight is 276 g/mol. The molecule has 1 aromatic heterocycles. The SMILES string of the molecule is Cc1cccc(Oc2c(CN)c(C)nn2C)c1[N+](=O)[O-]. The van der Waals surface area contributed by atoms with Crippen LogP contribution in [0.25, 0.3) is 0 Å². The largest absolute Gasteiger partial charge is 0.432 e. The summed E-state index contributed by atoms with van der Waals surface area (Å²) in [7, 11) is 1.71. The quantitative estimate of drug-likeness (QED) is 0.682. The van der Waals surface area contributed by atoms with Gasteiger partial charge in [0.25, 0.3) is 0 Å². The molecule has 20 heavy (non-hydrogen) atoms. The lowest BCUT2D eigenvalue weighted by Gasteiger charge is -2.09. The van der Waals surface area contributed by atoms with E-state index in [4.69, 9.17) is 10.5 Å². The fourth-order valence-electron chi connectivity index (χ4n) is 2.10. The molecule has 2 N–H and O–H groups in total. The zero-order valence-electron chi connectivity index (χ0n) is 11.6. The Morgan fingerprint density at radius 1 is 1.45 bits per heavy atom. The number of aromatic nitrogens is 2. The van der Waals surface area contributed by atoms with Crippen LogP contribution < -0.4 is 10.5 Å². The van der Waals surface area contributed by atoms with Gasteiger partial charge >= 0.3 is 5.69 Å². The summed E-state index contributed by atoms with van der Waals surface area (Å²) < 4.78 is 7.24. The Labute approximate surface area is 116 Å². The van der Waals surface area contributed by atoms with Crippen LogP contribution in [-0.4, -0.2) is 14.7 Å². The van der Waals surface area contributed by atoms with Gasteiger partial charge in [0.15, 0.2) is 0 Å². The van der Waals surface area contributed by atoms with Gasteiger partial charge in [0.05, 0.1) is 16.2 Å². The van der Waals surface area contributed by atoms with E-state index in [0.717, 1.165) is 11.3 Å². The van der Waals surface area contributed by atoms with Gasteiger partial charge in [0.1, 0.15) is 0 Å². The molecule has 0 aliphatic rings. The van der Waals surface area contributed by atoms with Gasteiger partial charge in [0, 0.05) is 19.2 Å². The molecule has 1 aromatic carbocycles. The Hall–Kier alpha value is -2.41. The van der Waals surface area contributed by atoms with Crippen LogP contribution in [-0.2, 0) is 13.6 Å². The predicted molar refractivity (Wildman–Crippen MR) is 73.7 cm³/mol. The second-order valence-electron chi connectivity index (χ2n) is 4.48. The molecule has 7 heteroatoms. The number of benzene rings is 1. The Morgan fingerprint density at radius 2 is 2.15 bits per heavy atom. The van der Waals surface area contributed by atoms with E-state index in [-0.39, 0.29) is 18.0 Å². The van der Waals surface area contributed by atoms with Gasteiger partial charge in [-0.3, -0.25) is 10.1 Å². The highest BCUT2D eigenvalue weighted by Crippen LogP contribution is 2.35. The molecule has 106 valence electrons. The molecule has 0 spiro atoms. The molecule has 0 saturated carbocycles. The zero-order valence-corrected chi connectivity index (χ0v) is 11.6. The number of hydrogen-bond acceptors (Lipinski definition) is 5. The number of ether oxygens (including phenoxy) is 1. The third kappa shape index (κ3) is 2.35. The normalized spacial score (nSPS) is 10.6. The molecule has 0 bridgehead atoms. The second-order valence-corrected chi connectivity index (χ2v) is 4.48. The van der Waals surface area contributed by atoms with Crippen LogP contribution in [0.15, 0.2) is 18.2 Å². The summed E-state index contributed by atoms with van der Waals surface area (Å²) in [5, 5.41) is 15.4. The maximum absolute atomic E-state index is 11.2. The van der Waals surface area contributed by atoms with Crippen LogP contribution in [0.5, 0.6) is 11.6 Å². The summed E-state index contributed by atoms with van der Waals surface area (Å²) >= 11 is 0. The van der Waals surface area contributed by atoms with Crippen LogP contribution in [0.1, 0.15) is 16.8 Å². The minimum atomic E-state index is -0.448. The molecule has 2 rings (SSSR count). The van der Waals surface area contributed by atoms with Crippen LogP contribution in [0.3, 0.4) is 0 Å². The lowest BCUT2D eigenvalue weighted by atomic mass is 10.2. The molecule has 0 unspecified atom stereocenters. The number of nitro groups is 1. The van der Waals surface area contributed by atoms with Crippen LogP contribution in [0, 0.1) is 24.0 Å². The summed E-state index contributed by atoms with van der Waals surface area (Å²) in [6.07, 6.45) is 0. The van der Waals surface area contributed by atoms with Gasteiger partial charge < -0.3 is 10.5 Å². The third-order valence-electron chi connectivity index (χ3n) is 3.08. The van der Waals surface area contributed by atoms with Crippen molar-refractivity contribution in [2.24, 2.45) is 12.8 Å². The minimum Gasteiger partial charge on any atom is -0.432 e. The smallest absolute Gasteiger partial charge is 0.314 e. The predicted octanol–water partition coefficient (Wildman–Crippen LogP) is 2.20. The van der Waals surface area contributed by atoms with E-state index in [1.54, 1.807) is 32.2 Å². The first kappa shape index (κ1) is 14.0. The molecular formula is C13H16N4O3. The van der Waals surface area contributed by atoms with Crippen molar-refractivity contribution >= 4 is 5.69 Å². The van der Waals surface area contributed by atoms with E-state index in [1.807, 2.05) is 6.92 Å². The fraction of sp³-hybridized carbons (Fsp3) is 0.308. The summed E-state index contributed by atoms with van der Waals surface area (Å²) in [5.74, 6) is 0.617. The average Bonchev–Trinajstić information content (AvgIpc) is 2.63. The van der Waals surface area contributed by atoms with E-state index < -0.39 is 4.92 Å². The van der Waals surface area contributed by atoms with Crippen molar-refractivity contribution in [3.05, 3.63) is 45.1 Å². The summed E-state index contributed by atoms with van der Waals surface area (Å²) in [6.45, 7) is 3.75. The molecule has 1 heterocycles.